The minimum absolute atomic E-state index is 0.114. The molecule has 0 N–H and O–H groups in total. The van der Waals surface area contributed by atoms with E-state index in [4.69, 9.17) is 4.74 Å². The van der Waals surface area contributed by atoms with Crippen LogP contribution in [0.5, 0.6) is 0 Å². The van der Waals surface area contributed by atoms with E-state index in [9.17, 15) is 13.2 Å². The molecule has 150 valence electrons. The number of hydrogen-bond donors (Lipinski definition) is 0. The molecule has 0 radical (unpaired) electrons. The first-order chi connectivity index (χ1) is 14.0. The quantitative estimate of drug-likeness (QED) is 0.639. The summed E-state index contributed by atoms with van der Waals surface area (Å²) in [5.41, 5.74) is 1.91. The summed E-state index contributed by atoms with van der Waals surface area (Å²) in [5, 5.41) is 0. The van der Waals surface area contributed by atoms with Crippen molar-refractivity contribution < 1.29 is 17.9 Å². The van der Waals surface area contributed by atoms with Crippen molar-refractivity contribution in [3.05, 3.63) is 89.5 Å². The number of nitrogens with zero attached hydrogens (tertiary/aromatic N) is 3. The first-order valence-electron chi connectivity index (χ1n) is 9.38. The molecule has 3 aromatic rings. The lowest BCUT2D eigenvalue weighted by molar-refractivity contribution is -0.138. The van der Waals surface area contributed by atoms with Gasteiger partial charge in [0, 0.05) is 24.9 Å². The lowest BCUT2D eigenvalue weighted by Gasteiger charge is -2.34. The normalized spacial score (nSPS) is 17.3. The molecule has 4 rings (SSSR count). The molecule has 0 saturated carbocycles. The van der Waals surface area contributed by atoms with Crippen LogP contribution in [0, 0.1) is 0 Å². The van der Waals surface area contributed by atoms with E-state index in [1.54, 1.807) is 24.5 Å². The SMILES string of the molecule is FC(F)(F)c1ccccc1Cc1cccc([C@H]2CN(c3cccnc3)CCO2)n1. The van der Waals surface area contributed by atoms with Crippen molar-refractivity contribution >= 4 is 5.69 Å². The average molecular weight is 399 g/mol. The Morgan fingerprint density at radius 3 is 2.69 bits per heavy atom. The van der Waals surface area contributed by atoms with E-state index in [1.165, 1.54) is 12.1 Å². The van der Waals surface area contributed by atoms with Gasteiger partial charge in [0.25, 0.3) is 0 Å². The van der Waals surface area contributed by atoms with Crippen molar-refractivity contribution in [2.75, 3.05) is 24.6 Å². The van der Waals surface area contributed by atoms with E-state index < -0.39 is 11.7 Å². The number of hydrogen-bond acceptors (Lipinski definition) is 4. The highest BCUT2D eigenvalue weighted by Crippen LogP contribution is 2.33. The third kappa shape index (κ3) is 4.56. The zero-order valence-corrected chi connectivity index (χ0v) is 15.6. The zero-order chi connectivity index (χ0) is 20.3. The zero-order valence-electron chi connectivity index (χ0n) is 15.6. The summed E-state index contributed by atoms with van der Waals surface area (Å²) in [4.78, 5) is 10.9. The van der Waals surface area contributed by atoms with Crippen molar-refractivity contribution in [3.8, 4) is 0 Å². The number of anilines is 1. The molecule has 0 spiro atoms. The second kappa shape index (κ2) is 8.21. The van der Waals surface area contributed by atoms with Crippen LogP contribution in [0.4, 0.5) is 18.9 Å². The van der Waals surface area contributed by atoms with Gasteiger partial charge in [-0.3, -0.25) is 9.97 Å². The van der Waals surface area contributed by atoms with Crippen molar-refractivity contribution in [1.29, 1.82) is 0 Å². The molecule has 0 amide bonds. The summed E-state index contributed by atoms with van der Waals surface area (Å²) in [7, 11) is 0. The van der Waals surface area contributed by atoms with Crippen LogP contribution >= 0.6 is 0 Å². The largest absolute Gasteiger partial charge is 0.416 e. The van der Waals surface area contributed by atoms with Gasteiger partial charge in [0.15, 0.2) is 0 Å². The minimum Gasteiger partial charge on any atom is -0.368 e. The summed E-state index contributed by atoms with van der Waals surface area (Å²) in [6, 6.07) is 14.9. The Labute approximate surface area is 167 Å². The summed E-state index contributed by atoms with van der Waals surface area (Å²) >= 11 is 0. The molecular formula is C22H20F3N3O. The third-order valence-electron chi connectivity index (χ3n) is 4.93. The first-order valence-corrected chi connectivity index (χ1v) is 9.38. The van der Waals surface area contributed by atoms with Crippen molar-refractivity contribution in [3.63, 3.8) is 0 Å². The molecule has 3 heterocycles. The fourth-order valence-corrected chi connectivity index (χ4v) is 3.53. The van der Waals surface area contributed by atoms with Gasteiger partial charge in [0.1, 0.15) is 6.10 Å². The summed E-state index contributed by atoms with van der Waals surface area (Å²) in [6.45, 7) is 1.91. The number of morpholine rings is 1. The van der Waals surface area contributed by atoms with Crippen LogP contribution in [0.25, 0.3) is 0 Å². The van der Waals surface area contributed by atoms with Gasteiger partial charge in [-0.1, -0.05) is 24.3 Å². The molecule has 0 unspecified atom stereocenters. The highest BCUT2D eigenvalue weighted by molar-refractivity contribution is 5.44. The van der Waals surface area contributed by atoms with E-state index >= 15 is 0 Å². The van der Waals surface area contributed by atoms with Gasteiger partial charge < -0.3 is 9.64 Å². The molecule has 1 aliphatic heterocycles. The maximum Gasteiger partial charge on any atom is 0.416 e. The number of pyridine rings is 2. The molecular weight excluding hydrogens is 379 g/mol. The second-order valence-electron chi connectivity index (χ2n) is 6.90. The van der Waals surface area contributed by atoms with Crippen LogP contribution in [-0.2, 0) is 17.3 Å². The molecule has 0 aliphatic carbocycles. The van der Waals surface area contributed by atoms with Crippen LogP contribution < -0.4 is 4.90 Å². The second-order valence-corrected chi connectivity index (χ2v) is 6.90. The fraction of sp³-hybridized carbons (Fsp3) is 0.273. The fourth-order valence-electron chi connectivity index (χ4n) is 3.53. The van der Waals surface area contributed by atoms with Gasteiger partial charge in [-0.25, -0.2) is 0 Å². The Bertz CT molecular complexity index is 963. The van der Waals surface area contributed by atoms with Gasteiger partial charge in [-0.05, 0) is 35.9 Å². The molecule has 1 fully saturated rings. The van der Waals surface area contributed by atoms with Gasteiger partial charge in [0.2, 0.25) is 0 Å². The summed E-state index contributed by atoms with van der Waals surface area (Å²) < 4.78 is 45.7. The molecule has 7 heteroatoms. The van der Waals surface area contributed by atoms with Crippen LogP contribution in [0.1, 0.15) is 28.6 Å². The number of halogens is 3. The predicted octanol–water partition coefficient (Wildman–Crippen LogP) is 4.66. The molecule has 2 aromatic heterocycles. The monoisotopic (exact) mass is 399 g/mol. The Kier molecular flexibility index (Phi) is 5.49. The molecule has 29 heavy (non-hydrogen) atoms. The standard InChI is InChI=1S/C22H20F3N3O/c23-22(24,25)19-8-2-1-5-16(19)13-17-6-3-9-20(27-17)21-15-28(11-12-29-21)18-7-4-10-26-14-18/h1-10,14,21H,11-13,15H2/t21-/m1/s1. The van der Waals surface area contributed by atoms with Gasteiger partial charge >= 0.3 is 6.18 Å². The number of alkyl halides is 3. The number of aromatic nitrogens is 2. The van der Waals surface area contributed by atoms with Gasteiger partial charge in [-0.15, -0.1) is 0 Å². The average Bonchev–Trinajstić information content (AvgIpc) is 2.74. The van der Waals surface area contributed by atoms with Crippen LogP contribution in [0.3, 0.4) is 0 Å². The maximum absolute atomic E-state index is 13.3. The molecule has 1 saturated heterocycles. The molecule has 1 aromatic carbocycles. The van der Waals surface area contributed by atoms with Crippen molar-refractivity contribution in [1.82, 2.24) is 9.97 Å². The predicted molar refractivity (Wildman–Crippen MR) is 104 cm³/mol. The Hall–Kier alpha value is -2.93. The number of ether oxygens (including phenoxy) is 1. The van der Waals surface area contributed by atoms with Gasteiger partial charge in [0.05, 0.1) is 36.3 Å². The van der Waals surface area contributed by atoms with E-state index in [0.717, 1.165) is 24.0 Å². The molecule has 0 bridgehead atoms. The minimum atomic E-state index is -4.38. The molecule has 1 aliphatic rings. The maximum atomic E-state index is 13.3. The topological polar surface area (TPSA) is 38.2 Å². The first kappa shape index (κ1) is 19.4. The van der Waals surface area contributed by atoms with E-state index in [0.29, 0.717) is 18.8 Å². The van der Waals surface area contributed by atoms with Crippen LogP contribution in [0.15, 0.2) is 67.0 Å². The smallest absolute Gasteiger partial charge is 0.368 e. The van der Waals surface area contributed by atoms with E-state index in [-0.39, 0.29) is 18.1 Å². The summed E-state index contributed by atoms with van der Waals surface area (Å²) in [5.74, 6) is 0. The van der Waals surface area contributed by atoms with E-state index in [1.807, 2.05) is 24.3 Å². The molecule has 1 atom stereocenters. The third-order valence-corrected chi connectivity index (χ3v) is 4.93. The Morgan fingerprint density at radius 1 is 1.03 bits per heavy atom. The number of rotatable bonds is 4. The lowest BCUT2D eigenvalue weighted by Crippen LogP contribution is -2.38. The van der Waals surface area contributed by atoms with Gasteiger partial charge in [-0.2, -0.15) is 13.2 Å². The van der Waals surface area contributed by atoms with E-state index in [2.05, 4.69) is 14.9 Å². The highest BCUT2D eigenvalue weighted by atomic mass is 19.4. The Balaban J connectivity index is 1.54. The summed E-state index contributed by atoms with van der Waals surface area (Å²) in [6.07, 6.45) is -0.985. The Morgan fingerprint density at radius 2 is 1.90 bits per heavy atom. The van der Waals surface area contributed by atoms with Crippen LogP contribution in [0.2, 0.25) is 0 Å². The highest BCUT2D eigenvalue weighted by Gasteiger charge is 2.33. The van der Waals surface area contributed by atoms with Crippen LogP contribution in [-0.4, -0.2) is 29.7 Å². The molecule has 4 nitrogen and oxygen atoms in total. The van der Waals surface area contributed by atoms with Crippen molar-refractivity contribution in [2.45, 2.75) is 18.7 Å². The number of benzene rings is 1. The lowest BCUT2D eigenvalue weighted by atomic mass is 10.0. The van der Waals surface area contributed by atoms with Crippen molar-refractivity contribution in [2.24, 2.45) is 0 Å².